The monoisotopic (exact) mass is 577 g/mol. The molecule has 2 heterocycles. The molecule has 0 bridgehead atoms. The predicted molar refractivity (Wildman–Crippen MR) is 135 cm³/mol. The minimum absolute atomic E-state index is 0. The summed E-state index contributed by atoms with van der Waals surface area (Å²) in [5, 5.41) is 7.03. The first-order valence-electron chi connectivity index (χ1n) is 10.5. The van der Waals surface area contributed by atoms with Crippen LogP contribution in [0, 0.1) is 0 Å². The molecular weight excluding hydrogens is 545 g/mol. The summed E-state index contributed by atoms with van der Waals surface area (Å²) >= 11 is 0. The Bertz CT molecular complexity index is 928. The highest BCUT2D eigenvalue weighted by molar-refractivity contribution is 14.0. The number of benzene rings is 1. The van der Waals surface area contributed by atoms with Crippen LogP contribution in [0.15, 0.2) is 46.1 Å². The largest absolute Gasteiger partial charge is 0.497 e. The molecule has 0 radical (unpaired) electrons. The van der Waals surface area contributed by atoms with E-state index in [0.29, 0.717) is 38.4 Å². The molecule has 2 aromatic rings. The van der Waals surface area contributed by atoms with E-state index in [9.17, 15) is 8.42 Å². The maximum absolute atomic E-state index is 12.6. The summed E-state index contributed by atoms with van der Waals surface area (Å²) in [6.07, 6.45) is 3.27. The lowest BCUT2D eigenvalue weighted by atomic mass is 10.1. The highest BCUT2D eigenvalue weighted by Gasteiger charge is 2.28. The SMILES string of the molecule is CCNC(=NCCCc1ccc(OC)cc1)N1CCN(S(=O)(=O)Cc2ccon2)CC1.I. The second kappa shape index (κ2) is 13.0. The third-order valence-electron chi connectivity index (χ3n) is 5.13. The first-order valence-corrected chi connectivity index (χ1v) is 12.2. The zero-order chi connectivity index (χ0) is 22.1. The Labute approximate surface area is 207 Å². The number of methoxy groups -OCH3 is 1. The van der Waals surface area contributed by atoms with Crippen molar-refractivity contribution in [2.45, 2.75) is 25.5 Å². The van der Waals surface area contributed by atoms with Crippen LogP contribution < -0.4 is 10.1 Å². The molecule has 0 aliphatic carbocycles. The molecule has 0 saturated carbocycles. The van der Waals surface area contributed by atoms with E-state index in [4.69, 9.17) is 14.3 Å². The molecule has 178 valence electrons. The fourth-order valence-corrected chi connectivity index (χ4v) is 4.88. The van der Waals surface area contributed by atoms with Crippen molar-refractivity contribution in [1.29, 1.82) is 0 Å². The Kier molecular flexibility index (Phi) is 10.7. The maximum atomic E-state index is 12.6. The Morgan fingerprint density at radius 3 is 2.50 bits per heavy atom. The molecule has 1 saturated heterocycles. The molecule has 0 unspecified atom stereocenters. The third kappa shape index (κ3) is 7.62. The van der Waals surface area contributed by atoms with Gasteiger partial charge in [-0.2, -0.15) is 4.31 Å². The molecule has 0 atom stereocenters. The number of nitrogens with zero attached hydrogens (tertiary/aromatic N) is 4. The topological polar surface area (TPSA) is 100 Å². The van der Waals surface area contributed by atoms with E-state index in [1.165, 1.54) is 16.1 Å². The lowest BCUT2D eigenvalue weighted by molar-refractivity contribution is 0.260. The molecule has 1 aromatic heterocycles. The van der Waals surface area contributed by atoms with Crippen molar-refractivity contribution >= 4 is 40.0 Å². The van der Waals surface area contributed by atoms with Crippen molar-refractivity contribution in [2.24, 2.45) is 4.99 Å². The van der Waals surface area contributed by atoms with Gasteiger partial charge in [-0.1, -0.05) is 17.3 Å². The summed E-state index contributed by atoms with van der Waals surface area (Å²) < 4.78 is 36.7. The Morgan fingerprint density at radius 1 is 1.19 bits per heavy atom. The molecule has 1 aliphatic heterocycles. The molecule has 3 rings (SSSR count). The number of aryl methyl sites for hydroxylation is 1. The van der Waals surface area contributed by atoms with E-state index in [1.54, 1.807) is 13.2 Å². The fraction of sp³-hybridized carbons (Fsp3) is 0.524. The zero-order valence-electron chi connectivity index (χ0n) is 18.6. The number of halogens is 1. The van der Waals surface area contributed by atoms with Gasteiger partial charge < -0.3 is 19.5 Å². The number of hydrogen-bond acceptors (Lipinski definition) is 6. The minimum Gasteiger partial charge on any atom is -0.497 e. The van der Waals surface area contributed by atoms with Crippen LogP contribution in [0.25, 0.3) is 0 Å². The van der Waals surface area contributed by atoms with E-state index in [1.807, 2.05) is 19.1 Å². The van der Waals surface area contributed by atoms with E-state index in [0.717, 1.165) is 31.1 Å². The van der Waals surface area contributed by atoms with Crippen LogP contribution in [0.4, 0.5) is 0 Å². The lowest BCUT2D eigenvalue weighted by Crippen LogP contribution is -2.53. The van der Waals surface area contributed by atoms with E-state index < -0.39 is 10.0 Å². The lowest BCUT2D eigenvalue weighted by Gasteiger charge is -2.35. The number of aliphatic imine (C=N–C) groups is 1. The van der Waals surface area contributed by atoms with Crippen LogP contribution in [0.1, 0.15) is 24.6 Å². The smallest absolute Gasteiger partial charge is 0.220 e. The standard InChI is InChI=1S/C21H31N5O4S.HI/c1-3-22-21(23-11-4-5-18-6-8-20(29-2)9-7-18)25-12-14-26(15-13-25)31(27,28)17-19-10-16-30-24-19;/h6-10,16H,3-5,11-15,17H2,1-2H3,(H,22,23);1H. The fourth-order valence-electron chi connectivity index (χ4n) is 3.45. The number of sulfonamides is 1. The molecular formula is C21H32IN5O4S. The van der Waals surface area contributed by atoms with Gasteiger partial charge in [-0.25, -0.2) is 8.42 Å². The van der Waals surface area contributed by atoms with E-state index >= 15 is 0 Å². The van der Waals surface area contributed by atoms with Crippen LogP contribution >= 0.6 is 24.0 Å². The number of rotatable bonds is 9. The van der Waals surface area contributed by atoms with Gasteiger partial charge in [0.05, 0.1) is 12.8 Å². The maximum Gasteiger partial charge on any atom is 0.220 e. The molecule has 1 aromatic carbocycles. The molecule has 1 fully saturated rings. The van der Waals surface area contributed by atoms with Crippen LogP contribution in [-0.2, 0) is 22.2 Å². The van der Waals surface area contributed by atoms with Crippen molar-refractivity contribution in [3.8, 4) is 5.75 Å². The van der Waals surface area contributed by atoms with Gasteiger partial charge in [0, 0.05) is 45.3 Å². The second-order valence-electron chi connectivity index (χ2n) is 7.32. The summed E-state index contributed by atoms with van der Waals surface area (Å²) in [7, 11) is -1.74. The van der Waals surface area contributed by atoms with Crippen molar-refractivity contribution in [3.63, 3.8) is 0 Å². The van der Waals surface area contributed by atoms with Gasteiger partial charge in [0.25, 0.3) is 0 Å². The van der Waals surface area contributed by atoms with Crippen molar-refractivity contribution < 1.29 is 17.7 Å². The number of hydrogen-bond donors (Lipinski definition) is 1. The van der Waals surface area contributed by atoms with Gasteiger partial charge in [0.15, 0.2) is 5.96 Å². The van der Waals surface area contributed by atoms with Gasteiger partial charge in [-0.05, 0) is 37.5 Å². The molecule has 1 aliphatic rings. The molecule has 9 nitrogen and oxygen atoms in total. The number of ether oxygens (including phenoxy) is 1. The van der Waals surface area contributed by atoms with Gasteiger partial charge in [0.1, 0.15) is 17.8 Å². The Hall–Kier alpha value is -1.86. The van der Waals surface area contributed by atoms with Crippen molar-refractivity contribution in [3.05, 3.63) is 47.9 Å². The van der Waals surface area contributed by atoms with Crippen LogP contribution in [0.2, 0.25) is 0 Å². The van der Waals surface area contributed by atoms with Gasteiger partial charge in [-0.3, -0.25) is 4.99 Å². The zero-order valence-corrected chi connectivity index (χ0v) is 21.7. The second-order valence-corrected chi connectivity index (χ2v) is 9.29. The normalized spacial score (nSPS) is 15.3. The summed E-state index contributed by atoms with van der Waals surface area (Å²) in [6.45, 7) is 5.56. The summed E-state index contributed by atoms with van der Waals surface area (Å²) in [5.41, 5.74) is 1.68. The quantitative estimate of drug-likeness (QED) is 0.212. The Balaban J connectivity index is 0.00000363. The molecule has 0 spiro atoms. The predicted octanol–water partition coefficient (Wildman–Crippen LogP) is 2.35. The number of aromatic nitrogens is 1. The molecule has 1 N–H and O–H groups in total. The number of guanidine groups is 1. The summed E-state index contributed by atoms with van der Waals surface area (Å²) in [4.78, 5) is 6.87. The highest BCUT2D eigenvalue weighted by Crippen LogP contribution is 2.14. The molecule has 11 heteroatoms. The number of piperazine rings is 1. The summed E-state index contributed by atoms with van der Waals surface area (Å²) in [6, 6.07) is 9.67. The molecule has 0 amide bonds. The highest BCUT2D eigenvalue weighted by atomic mass is 127. The third-order valence-corrected chi connectivity index (χ3v) is 6.94. The number of nitrogens with one attached hydrogen (secondary N) is 1. The summed E-state index contributed by atoms with van der Waals surface area (Å²) in [5.74, 6) is 1.56. The van der Waals surface area contributed by atoms with Gasteiger partial charge >= 0.3 is 0 Å². The van der Waals surface area contributed by atoms with Crippen LogP contribution in [-0.4, -0.2) is 75.1 Å². The van der Waals surface area contributed by atoms with Crippen LogP contribution in [0.5, 0.6) is 5.75 Å². The van der Waals surface area contributed by atoms with Gasteiger partial charge in [0.2, 0.25) is 10.0 Å². The Morgan fingerprint density at radius 2 is 1.91 bits per heavy atom. The molecule has 32 heavy (non-hydrogen) atoms. The first kappa shape index (κ1) is 26.4. The van der Waals surface area contributed by atoms with Crippen molar-refractivity contribution in [1.82, 2.24) is 19.7 Å². The van der Waals surface area contributed by atoms with E-state index in [2.05, 4.69) is 27.5 Å². The van der Waals surface area contributed by atoms with E-state index in [-0.39, 0.29) is 29.7 Å². The average molecular weight is 577 g/mol. The minimum atomic E-state index is -3.41. The van der Waals surface area contributed by atoms with Crippen LogP contribution in [0.3, 0.4) is 0 Å². The first-order chi connectivity index (χ1) is 15.0. The van der Waals surface area contributed by atoms with Gasteiger partial charge in [-0.15, -0.1) is 24.0 Å². The average Bonchev–Trinajstić information content (AvgIpc) is 3.29. The van der Waals surface area contributed by atoms with Crippen molar-refractivity contribution in [2.75, 3.05) is 46.4 Å².